The second-order valence-corrected chi connectivity index (χ2v) is 6.99. The highest BCUT2D eigenvalue weighted by atomic mass is 19.4. The van der Waals surface area contributed by atoms with Crippen LogP contribution in [0.25, 0.3) is 0 Å². The average Bonchev–Trinajstić information content (AvgIpc) is 3.30. The summed E-state index contributed by atoms with van der Waals surface area (Å²) in [6, 6.07) is 7.04. The molecule has 3 unspecified atom stereocenters. The van der Waals surface area contributed by atoms with Crippen molar-refractivity contribution in [3.8, 4) is 0 Å². The molecule has 2 saturated heterocycles. The summed E-state index contributed by atoms with van der Waals surface area (Å²) in [4.78, 5) is 14.4. The van der Waals surface area contributed by atoms with Crippen LogP contribution in [-0.2, 0) is 17.5 Å². The monoisotopic (exact) mass is 379 g/mol. The van der Waals surface area contributed by atoms with Gasteiger partial charge in [-0.05, 0) is 30.2 Å². The zero-order valence-corrected chi connectivity index (χ0v) is 14.5. The molecule has 4 rings (SSSR count). The van der Waals surface area contributed by atoms with Crippen molar-refractivity contribution in [1.29, 1.82) is 0 Å². The lowest BCUT2D eigenvalue weighted by Crippen LogP contribution is -2.48. The van der Waals surface area contributed by atoms with Gasteiger partial charge in [0.05, 0.1) is 11.6 Å². The first-order chi connectivity index (χ1) is 12.9. The average molecular weight is 379 g/mol. The molecule has 2 aliphatic rings. The van der Waals surface area contributed by atoms with Crippen molar-refractivity contribution in [2.75, 3.05) is 13.1 Å². The number of nitrogens with zero attached hydrogens (tertiary/aromatic N) is 3. The smallest absolute Gasteiger partial charge is 0.341 e. The van der Waals surface area contributed by atoms with Crippen molar-refractivity contribution in [3.63, 3.8) is 0 Å². The fraction of sp³-hybridized carbons (Fsp3) is 0.444. The van der Waals surface area contributed by atoms with Crippen LogP contribution in [0.2, 0.25) is 0 Å². The molecule has 0 aliphatic carbocycles. The molecule has 6 nitrogen and oxygen atoms in total. The van der Waals surface area contributed by atoms with E-state index in [4.69, 9.17) is 0 Å². The molecule has 0 radical (unpaired) electrons. The molecule has 1 amide bonds. The predicted octanol–water partition coefficient (Wildman–Crippen LogP) is 1.97. The molecule has 0 spiro atoms. The number of carbonyl (C=O) groups excluding carboxylic acids is 1. The number of carbonyl (C=O) groups is 1. The molecule has 9 heteroatoms. The Bertz CT molecular complexity index is 790. The van der Waals surface area contributed by atoms with Gasteiger partial charge < -0.3 is 4.90 Å². The number of hydrogen-bond donors (Lipinski definition) is 2. The van der Waals surface area contributed by atoms with E-state index in [1.54, 1.807) is 23.1 Å². The number of halogens is 3. The van der Waals surface area contributed by atoms with Crippen LogP contribution < -0.4 is 10.9 Å². The molecule has 2 aliphatic heterocycles. The van der Waals surface area contributed by atoms with Gasteiger partial charge in [0.25, 0.3) is 0 Å². The molecule has 3 heterocycles. The summed E-state index contributed by atoms with van der Waals surface area (Å²) < 4.78 is 39.9. The lowest BCUT2D eigenvalue weighted by molar-refractivity contribution is -0.137. The number of piperidine rings is 1. The fourth-order valence-electron chi connectivity index (χ4n) is 3.87. The summed E-state index contributed by atoms with van der Waals surface area (Å²) in [7, 11) is 0. The second kappa shape index (κ2) is 6.97. The molecule has 27 heavy (non-hydrogen) atoms. The number of hydrogen-bond acceptors (Lipinski definition) is 4. The van der Waals surface area contributed by atoms with E-state index in [-0.39, 0.29) is 30.5 Å². The van der Waals surface area contributed by atoms with Crippen LogP contribution in [0, 0.1) is 5.92 Å². The van der Waals surface area contributed by atoms with Crippen LogP contribution in [0.3, 0.4) is 0 Å². The first kappa shape index (κ1) is 18.0. The molecule has 1 aromatic heterocycles. The summed E-state index contributed by atoms with van der Waals surface area (Å²) in [6.07, 6.45) is -0.179. The van der Waals surface area contributed by atoms with Crippen molar-refractivity contribution in [2.24, 2.45) is 5.92 Å². The van der Waals surface area contributed by atoms with Crippen LogP contribution in [0.5, 0.6) is 0 Å². The van der Waals surface area contributed by atoms with Crippen LogP contribution in [0.15, 0.2) is 42.7 Å². The van der Waals surface area contributed by atoms with Gasteiger partial charge in [0, 0.05) is 37.4 Å². The first-order valence-electron chi connectivity index (χ1n) is 8.85. The van der Waals surface area contributed by atoms with Gasteiger partial charge in [-0.1, -0.05) is 12.1 Å². The summed E-state index contributed by atoms with van der Waals surface area (Å²) in [5.41, 5.74) is 6.54. The van der Waals surface area contributed by atoms with Crippen molar-refractivity contribution in [3.05, 3.63) is 53.9 Å². The Hall–Kier alpha value is -2.39. The maximum atomic E-state index is 12.8. The van der Waals surface area contributed by atoms with E-state index < -0.39 is 11.7 Å². The molecule has 2 N–H and O–H groups in total. The molecular weight excluding hydrogens is 359 g/mol. The minimum Gasteiger partial charge on any atom is -0.341 e. The van der Waals surface area contributed by atoms with Gasteiger partial charge >= 0.3 is 6.18 Å². The highest BCUT2D eigenvalue weighted by Crippen LogP contribution is 2.35. The summed E-state index contributed by atoms with van der Waals surface area (Å²) in [5.74, 6) is 0.0901. The second-order valence-electron chi connectivity index (χ2n) is 6.99. The van der Waals surface area contributed by atoms with E-state index in [0.29, 0.717) is 13.1 Å². The molecule has 3 atom stereocenters. The number of rotatable bonds is 3. The molecule has 144 valence electrons. The maximum absolute atomic E-state index is 12.8. The fourth-order valence-corrected chi connectivity index (χ4v) is 3.87. The standard InChI is InChI=1S/C18H20F3N5O/c19-18(20,21)13-4-2-12(3-5-13)17-14-10-25(9-6-15(14)23-24-17)16(27)11-26-8-1-7-22-26/h1-5,7-8,14-15,17,23-24H,6,9-11H2. The number of alkyl halides is 3. The highest BCUT2D eigenvalue weighted by Gasteiger charge is 2.41. The Morgan fingerprint density at radius 2 is 2.00 bits per heavy atom. The van der Waals surface area contributed by atoms with Gasteiger partial charge in [-0.3, -0.25) is 14.9 Å². The number of amides is 1. The topological polar surface area (TPSA) is 62.2 Å². The van der Waals surface area contributed by atoms with E-state index in [2.05, 4.69) is 16.0 Å². The third-order valence-electron chi connectivity index (χ3n) is 5.32. The van der Waals surface area contributed by atoms with Crippen LogP contribution in [0.4, 0.5) is 13.2 Å². The number of fused-ring (bicyclic) bond motifs is 1. The van der Waals surface area contributed by atoms with E-state index in [0.717, 1.165) is 24.1 Å². The largest absolute Gasteiger partial charge is 0.416 e. The molecule has 2 fully saturated rings. The van der Waals surface area contributed by atoms with Gasteiger partial charge in [0.15, 0.2) is 0 Å². The first-order valence-corrected chi connectivity index (χ1v) is 8.85. The number of aromatic nitrogens is 2. The number of hydrazine groups is 1. The zero-order valence-electron chi connectivity index (χ0n) is 14.5. The summed E-state index contributed by atoms with van der Waals surface area (Å²) >= 11 is 0. The lowest BCUT2D eigenvalue weighted by Gasteiger charge is -2.36. The SMILES string of the molecule is O=C(Cn1cccn1)N1CCC2NNC(c3ccc(C(F)(F)F)cc3)C2C1. The van der Waals surface area contributed by atoms with Crippen LogP contribution in [-0.4, -0.2) is 39.7 Å². The van der Waals surface area contributed by atoms with E-state index in [9.17, 15) is 18.0 Å². The van der Waals surface area contributed by atoms with Crippen LogP contribution >= 0.6 is 0 Å². The van der Waals surface area contributed by atoms with Crippen molar-refractivity contribution >= 4 is 5.91 Å². The van der Waals surface area contributed by atoms with Crippen LogP contribution in [0.1, 0.15) is 23.6 Å². The Morgan fingerprint density at radius 3 is 2.67 bits per heavy atom. The van der Waals surface area contributed by atoms with Crippen molar-refractivity contribution < 1.29 is 18.0 Å². The molecular formula is C18H20F3N5O. The Balaban J connectivity index is 1.46. The minimum atomic E-state index is -4.34. The van der Waals surface area contributed by atoms with Gasteiger partial charge in [0.2, 0.25) is 5.91 Å². The summed E-state index contributed by atoms with van der Waals surface area (Å²) in [6.45, 7) is 1.39. The normalized spacial score (nSPS) is 25.4. The quantitative estimate of drug-likeness (QED) is 0.856. The van der Waals surface area contributed by atoms with Gasteiger partial charge in [-0.2, -0.15) is 18.3 Å². The lowest BCUT2D eigenvalue weighted by atomic mass is 9.85. The van der Waals surface area contributed by atoms with Gasteiger partial charge in [-0.25, -0.2) is 5.43 Å². The number of nitrogens with one attached hydrogen (secondary N) is 2. The highest BCUT2D eigenvalue weighted by molar-refractivity contribution is 5.76. The molecule has 0 bridgehead atoms. The minimum absolute atomic E-state index is 0.00443. The van der Waals surface area contributed by atoms with Gasteiger partial charge in [-0.15, -0.1) is 0 Å². The molecule has 1 aromatic carbocycles. The predicted molar refractivity (Wildman–Crippen MR) is 91.2 cm³/mol. The van der Waals surface area contributed by atoms with E-state index >= 15 is 0 Å². The Kier molecular flexibility index (Phi) is 4.65. The maximum Gasteiger partial charge on any atom is 0.416 e. The molecule has 0 saturated carbocycles. The third-order valence-corrected chi connectivity index (χ3v) is 5.32. The Labute approximate surface area is 154 Å². The van der Waals surface area contributed by atoms with E-state index in [1.807, 2.05) is 4.90 Å². The number of likely N-dealkylation sites (tertiary alicyclic amines) is 1. The van der Waals surface area contributed by atoms with Crippen molar-refractivity contribution in [2.45, 2.75) is 31.2 Å². The van der Waals surface area contributed by atoms with Gasteiger partial charge in [0.1, 0.15) is 6.54 Å². The summed E-state index contributed by atoms with van der Waals surface area (Å²) in [5, 5.41) is 4.06. The zero-order chi connectivity index (χ0) is 19.0. The number of benzene rings is 1. The molecule has 2 aromatic rings. The van der Waals surface area contributed by atoms with Crippen molar-refractivity contribution in [1.82, 2.24) is 25.5 Å². The Morgan fingerprint density at radius 1 is 1.22 bits per heavy atom. The van der Waals surface area contributed by atoms with E-state index in [1.165, 1.54) is 12.1 Å². The third kappa shape index (κ3) is 3.70.